The van der Waals surface area contributed by atoms with Gasteiger partial charge in [-0.15, -0.1) is 0 Å². The highest BCUT2D eigenvalue weighted by atomic mass is 16.5. The number of benzene rings is 1. The molecule has 1 N–H and O–H groups in total. The van der Waals surface area contributed by atoms with Gasteiger partial charge < -0.3 is 14.3 Å². The van der Waals surface area contributed by atoms with E-state index in [-0.39, 0.29) is 5.92 Å². The van der Waals surface area contributed by atoms with Crippen LogP contribution in [0.15, 0.2) is 28.7 Å². The Labute approximate surface area is 152 Å². The van der Waals surface area contributed by atoms with Gasteiger partial charge in [-0.3, -0.25) is 9.69 Å². The largest absolute Gasteiger partial charge is 0.481 e. The fourth-order valence-corrected chi connectivity index (χ4v) is 4.21. The number of nitrogens with zero attached hydrogens (tertiary/aromatic N) is 2. The molecule has 2 aliphatic heterocycles. The summed E-state index contributed by atoms with van der Waals surface area (Å²) in [7, 11) is 0. The Hall–Kier alpha value is -2.18. The Morgan fingerprint density at radius 1 is 1.42 bits per heavy atom. The van der Waals surface area contributed by atoms with Gasteiger partial charge in [-0.05, 0) is 32.4 Å². The first-order valence-corrected chi connectivity index (χ1v) is 9.05. The van der Waals surface area contributed by atoms with Gasteiger partial charge in [-0.1, -0.05) is 17.7 Å². The molecule has 0 spiro atoms. The second-order valence-electron chi connectivity index (χ2n) is 7.54. The normalized spacial score (nSPS) is 26.0. The molecule has 2 saturated heterocycles. The zero-order valence-electron chi connectivity index (χ0n) is 15.2. The van der Waals surface area contributed by atoms with E-state index < -0.39 is 11.4 Å². The van der Waals surface area contributed by atoms with Crippen molar-refractivity contribution in [2.45, 2.75) is 26.8 Å². The van der Waals surface area contributed by atoms with E-state index in [9.17, 15) is 9.90 Å². The number of aryl methyl sites for hydroxylation is 2. The predicted molar refractivity (Wildman–Crippen MR) is 95.7 cm³/mol. The maximum absolute atomic E-state index is 11.9. The van der Waals surface area contributed by atoms with Crippen molar-refractivity contribution >= 4 is 5.97 Å². The predicted octanol–water partition coefficient (Wildman–Crippen LogP) is 2.88. The first-order valence-electron chi connectivity index (χ1n) is 9.05. The molecule has 2 fully saturated rings. The number of carboxylic acids is 1. The molecule has 138 valence electrons. The minimum atomic E-state index is -0.703. The summed E-state index contributed by atoms with van der Waals surface area (Å²) >= 11 is 0. The van der Waals surface area contributed by atoms with Gasteiger partial charge in [-0.25, -0.2) is 4.98 Å². The number of carboxylic acid groups (broad SMARTS) is 1. The third-order valence-corrected chi connectivity index (χ3v) is 5.73. The quantitative estimate of drug-likeness (QED) is 0.908. The highest BCUT2D eigenvalue weighted by Crippen LogP contribution is 2.43. The standard InChI is InChI=1S/C20H24N2O4/c1-13-4-3-5-15(8-13)18-21-17(14(2)26-18)10-22-9-16-11-25-7-6-20(16,12-22)19(23)24/h3-5,8,16H,6-7,9-12H2,1-2H3,(H,23,24)/t16-,20+/m1/s1. The molecule has 2 atom stereocenters. The van der Waals surface area contributed by atoms with Crippen molar-refractivity contribution in [1.29, 1.82) is 0 Å². The Kier molecular flexibility index (Phi) is 4.32. The summed E-state index contributed by atoms with van der Waals surface area (Å²) in [6.45, 7) is 6.88. The highest BCUT2D eigenvalue weighted by molar-refractivity contribution is 5.76. The molecule has 3 heterocycles. The lowest BCUT2D eigenvalue weighted by Crippen LogP contribution is -2.44. The topological polar surface area (TPSA) is 75.8 Å². The first-order chi connectivity index (χ1) is 12.5. The molecule has 0 aliphatic carbocycles. The Morgan fingerprint density at radius 3 is 3.00 bits per heavy atom. The number of hydrogen-bond donors (Lipinski definition) is 1. The summed E-state index contributed by atoms with van der Waals surface area (Å²) in [6, 6.07) is 8.07. The summed E-state index contributed by atoms with van der Waals surface area (Å²) in [5, 5.41) is 9.80. The number of ether oxygens (including phenoxy) is 1. The van der Waals surface area contributed by atoms with Crippen molar-refractivity contribution in [2.75, 3.05) is 26.3 Å². The van der Waals surface area contributed by atoms with Crippen LogP contribution in [-0.2, 0) is 16.1 Å². The Bertz CT molecular complexity index is 831. The van der Waals surface area contributed by atoms with Crippen molar-refractivity contribution in [3.8, 4) is 11.5 Å². The number of aromatic nitrogens is 1. The van der Waals surface area contributed by atoms with E-state index in [0.29, 0.717) is 38.6 Å². The summed E-state index contributed by atoms with van der Waals surface area (Å²) in [5.41, 5.74) is 2.31. The maximum atomic E-state index is 11.9. The van der Waals surface area contributed by atoms with Crippen molar-refractivity contribution in [3.05, 3.63) is 41.3 Å². The number of likely N-dealkylation sites (tertiary alicyclic amines) is 1. The van der Waals surface area contributed by atoms with Crippen LogP contribution in [0.3, 0.4) is 0 Å². The fraction of sp³-hybridized carbons (Fsp3) is 0.500. The molecular weight excluding hydrogens is 332 g/mol. The molecule has 0 radical (unpaired) electrons. The van der Waals surface area contributed by atoms with Gasteiger partial charge >= 0.3 is 5.97 Å². The van der Waals surface area contributed by atoms with Gasteiger partial charge in [0.05, 0.1) is 17.7 Å². The molecule has 26 heavy (non-hydrogen) atoms. The maximum Gasteiger partial charge on any atom is 0.311 e. The molecule has 2 aliphatic rings. The van der Waals surface area contributed by atoms with Crippen LogP contribution in [0.4, 0.5) is 0 Å². The molecule has 1 aromatic carbocycles. The summed E-state index contributed by atoms with van der Waals surface area (Å²) < 4.78 is 11.4. The molecule has 0 bridgehead atoms. The molecule has 0 amide bonds. The third kappa shape index (κ3) is 2.93. The van der Waals surface area contributed by atoms with E-state index >= 15 is 0 Å². The SMILES string of the molecule is Cc1cccc(-c2nc(CN3C[C@@H]4COCC[C@]4(C(=O)O)C3)c(C)o2)c1. The third-order valence-electron chi connectivity index (χ3n) is 5.73. The molecule has 0 unspecified atom stereocenters. The number of oxazole rings is 1. The van der Waals surface area contributed by atoms with Gasteiger partial charge in [0.15, 0.2) is 0 Å². The lowest BCUT2D eigenvalue weighted by molar-refractivity contribution is -0.157. The summed E-state index contributed by atoms with van der Waals surface area (Å²) in [6.07, 6.45) is 0.579. The summed E-state index contributed by atoms with van der Waals surface area (Å²) in [5.74, 6) is 0.744. The number of carbonyl (C=O) groups is 1. The van der Waals surface area contributed by atoms with Crippen molar-refractivity contribution in [1.82, 2.24) is 9.88 Å². The zero-order chi connectivity index (χ0) is 18.3. The van der Waals surface area contributed by atoms with Gasteiger partial charge in [-0.2, -0.15) is 0 Å². The minimum Gasteiger partial charge on any atom is -0.481 e. The van der Waals surface area contributed by atoms with Gasteiger partial charge in [0.2, 0.25) is 5.89 Å². The molecule has 4 rings (SSSR count). The van der Waals surface area contributed by atoms with E-state index in [2.05, 4.69) is 16.0 Å². The highest BCUT2D eigenvalue weighted by Gasteiger charge is 2.53. The minimum absolute atomic E-state index is 0.0391. The zero-order valence-corrected chi connectivity index (χ0v) is 15.2. The second kappa shape index (κ2) is 6.52. The number of hydrogen-bond acceptors (Lipinski definition) is 5. The van der Waals surface area contributed by atoms with Crippen LogP contribution in [0, 0.1) is 25.2 Å². The Balaban J connectivity index is 1.54. The number of aliphatic carboxylic acids is 1. The number of rotatable bonds is 4. The average Bonchev–Trinajstić information content (AvgIpc) is 3.16. The van der Waals surface area contributed by atoms with Crippen LogP contribution >= 0.6 is 0 Å². The van der Waals surface area contributed by atoms with E-state index in [1.807, 2.05) is 32.0 Å². The van der Waals surface area contributed by atoms with Crippen LogP contribution in [-0.4, -0.2) is 47.3 Å². The average molecular weight is 356 g/mol. The molecule has 6 heteroatoms. The fourth-order valence-electron chi connectivity index (χ4n) is 4.21. The van der Waals surface area contributed by atoms with Crippen LogP contribution in [0.1, 0.15) is 23.4 Å². The van der Waals surface area contributed by atoms with Gasteiger partial charge in [0, 0.05) is 37.7 Å². The second-order valence-corrected chi connectivity index (χ2v) is 7.54. The van der Waals surface area contributed by atoms with E-state index in [0.717, 1.165) is 29.1 Å². The molecule has 6 nitrogen and oxygen atoms in total. The first kappa shape index (κ1) is 17.2. The summed E-state index contributed by atoms with van der Waals surface area (Å²) in [4.78, 5) is 18.8. The molecule has 2 aromatic rings. The van der Waals surface area contributed by atoms with Crippen LogP contribution in [0.25, 0.3) is 11.5 Å². The molecular formula is C20H24N2O4. The van der Waals surface area contributed by atoms with Crippen LogP contribution in [0.5, 0.6) is 0 Å². The lowest BCUT2D eigenvalue weighted by Gasteiger charge is -2.34. The molecule has 1 aromatic heterocycles. The van der Waals surface area contributed by atoms with E-state index in [4.69, 9.17) is 9.15 Å². The van der Waals surface area contributed by atoms with Crippen molar-refractivity contribution in [2.24, 2.45) is 11.3 Å². The van der Waals surface area contributed by atoms with Crippen molar-refractivity contribution < 1.29 is 19.1 Å². The van der Waals surface area contributed by atoms with E-state index in [1.54, 1.807) is 0 Å². The van der Waals surface area contributed by atoms with Crippen LogP contribution in [0.2, 0.25) is 0 Å². The van der Waals surface area contributed by atoms with Gasteiger partial charge in [0.1, 0.15) is 5.76 Å². The number of fused-ring (bicyclic) bond motifs is 1. The lowest BCUT2D eigenvalue weighted by atomic mass is 9.74. The smallest absolute Gasteiger partial charge is 0.311 e. The van der Waals surface area contributed by atoms with Crippen molar-refractivity contribution in [3.63, 3.8) is 0 Å². The van der Waals surface area contributed by atoms with Gasteiger partial charge in [0.25, 0.3) is 0 Å². The monoisotopic (exact) mass is 356 g/mol. The van der Waals surface area contributed by atoms with Crippen LogP contribution < -0.4 is 0 Å². The van der Waals surface area contributed by atoms with E-state index in [1.165, 1.54) is 0 Å². The Morgan fingerprint density at radius 2 is 2.27 bits per heavy atom. The molecule has 0 saturated carbocycles.